The summed E-state index contributed by atoms with van der Waals surface area (Å²) in [6.07, 6.45) is 2.09. The van der Waals surface area contributed by atoms with Crippen LogP contribution in [0.4, 0.5) is 0 Å². The summed E-state index contributed by atoms with van der Waals surface area (Å²) in [7, 11) is 0. The van der Waals surface area contributed by atoms with Crippen molar-refractivity contribution in [2.45, 2.75) is 39.7 Å². The van der Waals surface area contributed by atoms with Crippen LogP contribution in [0.5, 0.6) is 0 Å². The minimum absolute atomic E-state index is 0.256. The molecule has 0 aromatic carbocycles. The highest BCUT2D eigenvalue weighted by Crippen LogP contribution is 2.36. The van der Waals surface area contributed by atoms with Crippen LogP contribution < -0.4 is 0 Å². The third-order valence-electron chi connectivity index (χ3n) is 3.21. The lowest BCUT2D eigenvalue weighted by atomic mass is 9.73. The van der Waals surface area contributed by atoms with Crippen molar-refractivity contribution in [3.05, 3.63) is 12.2 Å². The lowest BCUT2D eigenvalue weighted by Crippen LogP contribution is -2.33. The van der Waals surface area contributed by atoms with E-state index in [1.54, 1.807) is 0 Å². The van der Waals surface area contributed by atoms with E-state index in [-0.39, 0.29) is 6.10 Å². The van der Waals surface area contributed by atoms with Gasteiger partial charge in [0.15, 0.2) is 0 Å². The Morgan fingerprint density at radius 2 is 2.00 bits per heavy atom. The van der Waals surface area contributed by atoms with Crippen LogP contribution in [-0.2, 0) is 0 Å². The van der Waals surface area contributed by atoms with Gasteiger partial charge in [0.2, 0.25) is 0 Å². The number of hydrogen-bond acceptors (Lipinski definition) is 1. The smallest absolute Gasteiger partial charge is 0.0780 e. The van der Waals surface area contributed by atoms with Crippen molar-refractivity contribution in [3.8, 4) is 0 Å². The predicted octanol–water partition coefficient (Wildman–Crippen LogP) is 2.61. The maximum absolute atomic E-state index is 9.88. The largest absolute Gasteiger partial charge is 0.388 e. The molecule has 0 spiro atoms. The monoisotopic (exact) mass is 168 g/mol. The number of aliphatic hydroxyl groups is 1. The molecule has 0 aliphatic heterocycles. The summed E-state index contributed by atoms with van der Waals surface area (Å²) in [6, 6.07) is 0. The average molecular weight is 168 g/mol. The van der Waals surface area contributed by atoms with Crippen molar-refractivity contribution >= 4 is 0 Å². The fourth-order valence-corrected chi connectivity index (χ4v) is 2.05. The molecule has 0 unspecified atom stereocenters. The van der Waals surface area contributed by atoms with Gasteiger partial charge in [0.05, 0.1) is 6.10 Å². The molecule has 0 amide bonds. The van der Waals surface area contributed by atoms with Crippen molar-refractivity contribution in [2.24, 2.45) is 17.8 Å². The molecule has 0 aromatic heterocycles. The first-order chi connectivity index (χ1) is 5.54. The molecule has 1 heteroatoms. The molecule has 1 N–H and O–H groups in total. The van der Waals surface area contributed by atoms with Gasteiger partial charge in [0.1, 0.15) is 0 Å². The molecule has 0 heterocycles. The lowest BCUT2D eigenvalue weighted by molar-refractivity contribution is 0.0740. The minimum Gasteiger partial charge on any atom is -0.388 e. The number of rotatable bonds is 1. The first-order valence-corrected chi connectivity index (χ1v) is 4.90. The molecule has 1 fully saturated rings. The summed E-state index contributed by atoms with van der Waals surface area (Å²) in [5.74, 6) is 1.52. The van der Waals surface area contributed by atoms with Crippen LogP contribution in [0.2, 0.25) is 0 Å². The molecular weight excluding hydrogens is 148 g/mol. The van der Waals surface area contributed by atoms with Crippen molar-refractivity contribution in [1.82, 2.24) is 0 Å². The van der Waals surface area contributed by atoms with Gasteiger partial charge in [0.25, 0.3) is 0 Å². The van der Waals surface area contributed by atoms with E-state index in [4.69, 9.17) is 0 Å². The van der Waals surface area contributed by atoms with E-state index in [0.29, 0.717) is 17.8 Å². The second-order valence-electron chi connectivity index (χ2n) is 4.41. The number of hydrogen-bond donors (Lipinski definition) is 1. The minimum atomic E-state index is -0.256. The van der Waals surface area contributed by atoms with E-state index in [9.17, 15) is 5.11 Å². The van der Waals surface area contributed by atoms with Crippen LogP contribution in [0.1, 0.15) is 33.6 Å². The van der Waals surface area contributed by atoms with Gasteiger partial charge in [-0.05, 0) is 36.2 Å². The SMILES string of the molecule is C=C1[C@@H](C)CC[C@@H](C(C)C)[C@H]1O. The Labute approximate surface area is 75.5 Å². The van der Waals surface area contributed by atoms with Crippen molar-refractivity contribution < 1.29 is 5.11 Å². The Balaban J connectivity index is 2.65. The molecule has 0 saturated heterocycles. The Morgan fingerprint density at radius 1 is 1.42 bits per heavy atom. The zero-order chi connectivity index (χ0) is 9.30. The lowest BCUT2D eigenvalue weighted by Gasteiger charge is -2.36. The first kappa shape index (κ1) is 9.79. The van der Waals surface area contributed by atoms with E-state index in [1.165, 1.54) is 6.42 Å². The van der Waals surface area contributed by atoms with E-state index in [0.717, 1.165) is 12.0 Å². The highest BCUT2D eigenvalue weighted by atomic mass is 16.3. The Bertz CT molecular complexity index is 172. The molecule has 0 aromatic rings. The van der Waals surface area contributed by atoms with Gasteiger partial charge in [-0.2, -0.15) is 0 Å². The Morgan fingerprint density at radius 3 is 2.50 bits per heavy atom. The molecule has 0 bridgehead atoms. The van der Waals surface area contributed by atoms with Crippen LogP contribution in [-0.4, -0.2) is 11.2 Å². The van der Waals surface area contributed by atoms with Gasteiger partial charge >= 0.3 is 0 Å². The van der Waals surface area contributed by atoms with Crippen molar-refractivity contribution in [2.75, 3.05) is 0 Å². The zero-order valence-electron chi connectivity index (χ0n) is 8.38. The quantitative estimate of drug-likeness (QED) is 0.597. The summed E-state index contributed by atoms with van der Waals surface area (Å²) in [5.41, 5.74) is 1.04. The van der Waals surface area contributed by atoms with Gasteiger partial charge < -0.3 is 5.11 Å². The molecular formula is C11H20O. The third kappa shape index (κ3) is 1.71. The van der Waals surface area contributed by atoms with Gasteiger partial charge in [-0.15, -0.1) is 0 Å². The summed E-state index contributed by atoms with van der Waals surface area (Å²) in [6.45, 7) is 10.5. The van der Waals surface area contributed by atoms with Gasteiger partial charge in [-0.25, -0.2) is 0 Å². The van der Waals surface area contributed by atoms with E-state index in [2.05, 4.69) is 27.4 Å². The van der Waals surface area contributed by atoms with E-state index >= 15 is 0 Å². The van der Waals surface area contributed by atoms with E-state index in [1.807, 2.05) is 0 Å². The van der Waals surface area contributed by atoms with Crippen LogP contribution in [0.3, 0.4) is 0 Å². The molecule has 1 nitrogen and oxygen atoms in total. The van der Waals surface area contributed by atoms with Gasteiger partial charge in [0, 0.05) is 0 Å². The molecule has 1 aliphatic rings. The van der Waals surface area contributed by atoms with Crippen LogP contribution in [0, 0.1) is 17.8 Å². The molecule has 3 atom stereocenters. The fourth-order valence-electron chi connectivity index (χ4n) is 2.05. The summed E-state index contributed by atoms with van der Waals surface area (Å²) in [4.78, 5) is 0. The van der Waals surface area contributed by atoms with E-state index < -0.39 is 0 Å². The first-order valence-electron chi connectivity index (χ1n) is 4.90. The highest BCUT2D eigenvalue weighted by Gasteiger charge is 2.31. The Kier molecular flexibility index (Phi) is 2.94. The van der Waals surface area contributed by atoms with Crippen molar-refractivity contribution in [3.63, 3.8) is 0 Å². The summed E-state index contributed by atoms with van der Waals surface area (Å²) in [5, 5.41) is 9.88. The number of aliphatic hydroxyl groups excluding tert-OH is 1. The maximum Gasteiger partial charge on any atom is 0.0780 e. The normalized spacial score (nSPS) is 37.4. The van der Waals surface area contributed by atoms with Gasteiger partial charge in [-0.1, -0.05) is 27.4 Å². The Hall–Kier alpha value is -0.300. The topological polar surface area (TPSA) is 20.2 Å². The van der Waals surface area contributed by atoms with Crippen molar-refractivity contribution in [1.29, 1.82) is 0 Å². The van der Waals surface area contributed by atoms with Crippen LogP contribution in [0.15, 0.2) is 12.2 Å². The molecule has 0 radical (unpaired) electrons. The molecule has 1 aliphatic carbocycles. The maximum atomic E-state index is 9.88. The molecule has 70 valence electrons. The van der Waals surface area contributed by atoms with Crippen LogP contribution >= 0.6 is 0 Å². The summed E-state index contributed by atoms with van der Waals surface area (Å²) >= 11 is 0. The molecule has 1 rings (SSSR count). The summed E-state index contributed by atoms with van der Waals surface area (Å²) < 4.78 is 0. The second kappa shape index (κ2) is 3.61. The molecule has 1 saturated carbocycles. The molecule has 12 heavy (non-hydrogen) atoms. The fraction of sp³-hybridized carbons (Fsp3) is 0.818. The van der Waals surface area contributed by atoms with Crippen LogP contribution in [0.25, 0.3) is 0 Å². The standard InChI is InChI=1S/C11H20O/c1-7(2)10-6-5-8(3)9(4)11(10)12/h7-8,10-12H,4-6H2,1-3H3/t8-,10-,11-/m0/s1. The second-order valence-corrected chi connectivity index (χ2v) is 4.41. The zero-order valence-corrected chi connectivity index (χ0v) is 8.38. The highest BCUT2D eigenvalue weighted by molar-refractivity contribution is 5.11. The average Bonchev–Trinajstić information content (AvgIpc) is 2.00. The van der Waals surface area contributed by atoms with Gasteiger partial charge in [-0.3, -0.25) is 0 Å². The third-order valence-corrected chi connectivity index (χ3v) is 3.21. The predicted molar refractivity (Wildman–Crippen MR) is 51.9 cm³/mol.